The van der Waals surface area contributed by atoms with E-state index >= 15 is 0 Å². The Labute approximate surface area is 198 Å². The summed E-state index contributed by atoms with van der Waals surface area (Å²) in [6.45, 7) is -0.803. The van der Waals surface area contributed by atoms with Gasteiger partial charge in [-0.05, 0) is 22.3 Å². The van der Waals surface area contributed by atoms with Crippen LogP contribution in [0, 0.1) is 0 Å². The minimum atomic E-state index is -1.19. The lowest BCUT2D eigenvalue weighted by molar-refractivity contribution is -0.137. The maximum Gasteiger partial charge on any atom is 0.413 e. The van der Waals surface area contributed by atoms with Crippen molar-refractivity contribution in [3.05, 3.63) is 70.7 Å². The molecule has 1 aromatic heterocycles. The van der Waals surface area contributed by atoms with Gasteiger partial charge in [0.1, 0.15) is 18.8 Å². The molecule has 4 N–H and O–H groups in total. The first kappa shape index (κ1) is 22.9. The third-order valence-electron chi connectivity index (χ3n) is 5.14. The second kappa shape index (κ2) is 10.1. The van der Waals surface area contributed by atoms with Gasteiger partial charge in [-0.25, -0.2) is 9.78 Å². The molecule has 0 bridgehead atoms. The summed E-state index contributed by atoms with van der Waals surface area (Å²) >= 11 is 1.03. The highest BCUT2D eigenvalue weighted by atomic mass is 32.1. The van der Waals surface area contributed by atoms with E-state index in [0.717, 1.165) is 33.6 Å². The van der Waals surface area contributed by atoms with Gasteiger partial charge in [0.15, 0.2) is 5.13 Å². The van der Waals surface area contributed by atoms with E-state index in [1.165, 1.54) is 5.38 Å². The number of aromatic nitrogens is 1. The van der Waals surface area contributed by atoms with E-state index in [1.54, 1.807) is 0 Å². The van der Waals surface area contributed by atoms with Crippen molar-refractivity contribution in [3.8, 4) is 11.1 Å². The zero-order valence-electron chi connectivity index (χ0n) is 17.7. The van der Waals surface area contributed by atoms with Crippen molar-refractivity contribution in [2.45, 2.75) is 5.92 Å². The first-order valence-corrected chi connectivity index (χ1v) is 11.1. The number of hydrogen-bond acceptors (Lipinski definition) is 7. The summed E-state index contributed by atoms with van der Waals surface area (Å²) in [6, 6.07) is 16.0. The molecule has 0 saturated carbocycles. The predicted octanol–water partition coefficient (Wildman–Crippen LogP) is 2.43. The van der Waals surface area contributed by atoms with E-state index < -0.39 is 37.0 Å². The lowest BCUT2D eigenvalue weighted by atomic mass is 9.98. The quantitative estimate of drug-likeness (QED) is 0.387. The molecule has 1 heterocycles. The second-order valence-corrected chi connectivity index (χ2v) is 8.20. The average Bonchev–Trinajstić information content (AvgIpc) is 3.42. The molecule has 3 amide bonds. The van der Waals surface area contributed by atoms with E-state index in [-0.39, 0.29) is 23.4 Å². The Morgan fingerprint density at radius 3 is 2.24 bits per heavy atom. The number of nitrogens with one attached hydrogen (secondary N) is 3. The smallest absolute Gasteiger partial charge is 0.413 e. The Morgan fingerprint density at radius 1 is 0.941 bits per heavy atom. The number of nitrogens with zero attached hydrogens (tertiary/aromatic N) is 1. The van der Waals surface area contributed by atoms with Crippen LogP contribution in [0.1, 0.15) is 27.5 Å². The molecule has 34 heavy (non-hydrogen) atoms. The highest BCUT2D eigenvalue weighted by molar-refractivity contribution is 7.14. The average molecular weight is 481 g/mol. The SMILES string of the molecule is O=C(O)CNC(=O)CNC(=O)c1csc(NC(=O)OCC2c3ccccc3-c3ccccc32)n1. The van der Waals surface area contributed by atoms with E-state index in [0.29, 0.717) is 0 Å². The molecular weight excluding hydrogens is 460 g/mol. The number of carboxylic acid groups (broad SMARTS) is 1. The Hall–Kier alpha value is -4.25. The van der Waals surface area contributed by atoms with Gasteiger partial charge in [0, 0.05) is 11.3 Å². The van der Waals surface area contributed by atoms with Crippen molar-refractivity contribution in [1.29, 1.82) is 0 Å². The van der Waals surface area contributed by atoms with Gasteiger partial charge in [-0.1, -0.05) is 48.5 Å². The molecule has 11 heteroatoms. The minimum absolute atomic E-state index is 0.00461. The number of rotatable bonds is 8. The molecule has 174 valence electrons. The molecule has 2 aromatic carbocycles. The fourth-order valence-corrected chi connectivity index (χ4v) is 4.32. The lowest BCUT2D eigenvalue weighted by Crippen LogP contribution is -2.39. The number of carbonyl (C=O) groups is 4. The van der Waals surface area contributed by atoms with Gasteiger partial charge in [-0.2, -0.15) is 0 Å². The van der Waals surface area contributed by atoms with Crippen molar-refractivity contribution < 1.29 is 29.0 Å². The molecule has 0 saturated heterocycles. The largest absolute Gasteiger partial charge is 0.480 e. The number of thiazole rings is 1. The molecule has 0 fully saturated rings. The van der Waals surface area contributed by atoms with Crippen LogP contribution in [-0.4, -0.2) is 53.7 Å². The lowest BCUT2D eigenvalue weighted by Gasteiger charge is -2.14. The maximum absolute atomic E-state index is 12.3. The number of aliphatic carboxylic acids is 1. The number of fused-ring (bicyclic) bond motifs is 3. The standard InChI is InChI=1S/C23H20N4O6S/c28-19(24-10-20(29)30)9-25-21(31)18-12-34-22(26-18)27-23(32)33-11-17-15-7-3-1-5-13(15)14-6-2-4-8-16(14)17/h1-8,12,17H,9-11H2,(H,24,28)(H,25,31)(H,29,30)(H,26,27,32). The zero-order chi connectivity index (χ0) is 24.1. The molecule has 4 rings (SSSR count). The highest BCUT2D eigenvalue weighted by Gasteiger charge is 2.29. The van der Waals surface area contributed by atoms with E-state index in [2.05, 4.69) is 20.9 Å². The van der Waals surface area contributed by atoms with Crippen molar-refractivity contribution in [1.82, 2.24) is 15.6 Å². The number of amides is 3. The van der Waals surface area contributed by atoms with Gasteiger partial charge in [0.05, 0.1) is 6.54 Å². The third-order valence-corrected chi connectivity index (χ3v) is 5.89. The van der Waals surface area contributed by atoms with Crippen LogP contribution in [0.5, 0.6) is 0 Å². The Morgan fingerprint density at radius 2 is 1.59 bits per heavy atom. The van der Waals surface area contributed by atoms with Crippen molar-refractivity contribution in [2.24, 2.45) is 0 Å². The normalized spacial score (nSPS) is 11.8. The van der Waals surface area contributed by atoms with Gasteiger partial charge in [0.25, 0.3) is 5.91 Å². The summed E-state index contributed by atoms with van der Waals surface area (Å²) in [7, 11) is 0. The van der Waals surface area contributed by atoms with Crippen molar-refractivity contribution in [3.63, 3.8) is 0 Å². The third kappa shape index (κ3) is 5.21. The van der Waals surface area contributed by atoms with Gasteiger partial charge < -0.3 is 20.5 Å². The monoisotopic (exact) mass is 480 g/mol. The molecular formula is C23H20N4O6S. The molecule has 3 aromatic rings. The van der Waals surface area contributed by atoms with Crippen LogP contribution in [0.2, 0.25) is 0 Å². The maximum atomic E-state index is 12.3. The fourth-order valence-electron chi connectivity index (χ4n) is 3.65. The van der Waals surface area contributed by atoms with Gasteiger partial charge in [-0.3, -0.25) is 19.7 Å². The molecule has 0 atom stereocenters. The molecule has 10 nitrogen and oxygen atoms in total. The van der Waals surface area contributed by atoms with E-state index in [4.69, 9.17) is 9.84 Å². The van der Waals surface area contributed by atoms with Gasteiger partial charge in [0.2, 0.25) is 5.91 Å². The van der Waals surface area contributed by atoms with E-state index in [1.807, 2.05) is 48.5 Å². The Balaban J connectivity index is 1.30. The van der Waals surface area contributed by atoms with Crippen LogP contribution < -0.4 is 16.0 Å². The first-order valence-electron chi connectivity index (χ1n) is 10.3. The molecule has 1 aliphatic carbocycles. The van der Waals surface area contributed by atoms with Crippen LogP contribution in [0.3, 0.4) is 0 Å². The number of carbonyl (C=O) groups excluding carboxylic acids is 3. The minimum Gasteiger partial charge on any atom is -0.480 e. The number of benzene rings is 2. The Bertz CT molecular complexity index is 1210. The summed E-state index contributed by atoms with van der Waals surface area (Å²) in [5, 5.41) is 17.1. The van der Waals surface area contributed by atoms with E-state index in [9.17, 15) is 19.2 Å². The van der Waals surface area contributed by atoms with Crippen LogP contribution in [0.4, 0.5) is 9.93 Å². The van der Waals surface area contributed by atoms with Gasteiger partial charge in [-0.15, -0.1) is 11.3 Å². The highest BCUT2D eigenvalue weighted by Crippen LogP contribution is 2.44. The topological polar surface area (TPSA) is 147 Å². The Kier molecular flexibility index (Phi) is 6.83. The fraction of sp³-hybridized carbons (Fsp3) is 0.174. The summed E-state index contributed by atoms with van der Waals surface area (Å²) in [4.78, 5) is 50.4. The number of hydrogen-bond donors (Lipinski definition) is 4. The number of carboxylic acids is 1. The summed E-state index contributed by atoms with van der Waals surface area (Å²) < 4.78 is 5.45. The van der Waals surface area contributed by atoms with Crippen LogP contribution in [0.15, 0.2) is 53.9 Å². The van der Waals surface area contributed by atoms with Gasteiger partial charge >= 0.3 is 12.1 Å². The van der Waals surface area contributed by atoms with Crippen LogP contribution >= 0.6 is 11.3 Å². The van der Waals surface area contributed by atoms with Crippen LogP contribution in [0.25, 0.3) is 11.1 Å². The summed E-state index contributed by atoms with van der Waals surface area (Å²) in [5.41, 5.74) is 4.44. The number of ether oxygens (including phenoxy) is 1. The molecule has 1 aliphatic rings. The summed E-state index contributed by atoms with van der Waals surface area (Å²) in [5.74, 6) is -2.56. The first-order chi connectivity index (χ1) is 16.4. The molecule has 0 unspecified atom stereocenters. The van der Waals surface area contributed by atoms with Crippen molar-refractivity contribution in [2.75, 3.05) is 25.0 Å². The second-order valence-electron chi connectivity index (χ2n) is 7.34. The van der Waals surface area contributed by atoms with Crippen LogP contribution in [-0.2, 0) is 14.3 Å². The van der Waals surface area contributed by atoms with Crippen molar-refractivity contribution >= 4 is 40.3 Å². The number of anilines is 1. The summed E-state index contributed by atoms with van der Waals surface area (Å²) in [6.07, 6.45) is -0.698. The zero-order valence-corrected chi connectivity index (χ0v) is 18.6. The molecule has 0 radical (unpaired) electrons. The molecule has 0 aliphatic heterocycles. The predicted molar refractivity (Wildman–Crippen MR) is 124 cm³/mol. The molecule has 0 spiro atoms.